The van der Waals surface area contributed by atoms with E-state index in [9.17, 15) is 4.79 Å². The molecule has 3 heterocycles. The van der Waals surface area contributed by atoms with Crippen molar-refractivity contribution in [3.05, 3.63) is 53.3 Å². The third kappa shape index (κ3) is 2.11. The fraction of sp³-hybridized carbons (Fsp3) is 0. The molecule has 2 N–H and O–H groups in total. The number of carbonyl (C=O) groups is 1. The molecule has 22 heavy (non-hydrogen) atoms. The normalized spacial score (nSPS) is 16.3. The zero-order valence-electron chi connectivity index (χ0n) is 11.2. The van der Waals surface area contributed by atoms with Crippen molar-refractivity contribution < 1.29 is 4.79 Å². The molecular weight excluding hydrogens is 316 g/mol. The third-order valence-electron chi connectivity index (χ3n) is 3.35. The molecule has 0 bridgehead atoms. The van der Waals surface area contributed by atoms with E-state index in [0.717, 1.165) is 21.9 Å². The number of carbonyl (C=O) groups excluding carboxylic acids is 1. The molecule has 0 aliphatic carbocycles. The number of hydrogen-bond acceptors (Lipinski definition) is 4. The Bertz CT molecular complexity index is 924. The van der Waals surface area contributed by atoms with Gasteiger partial charge in [-0.2, -0.15) is 0 Å². The number of benzene rings is 1. The lowest BCUT2D eigenvalue weighted by atomic mass is 10.1. The van der Waals surface area contributed by atoms with E-state index in [4.69, 9.17) is 12.2 Å². The summed E-state index contributed by atoms with van der Waals surface area (Å²) >= 11 is 6.52. The summed E-state index contributed by atoms with van der Waals surface area (Å²) in [7, 11) is 0. The molecule has 5 nitrogen and oxygen atoms in total. The summed E-state index contributed by atoms with van der Waals surface area (Å²) in [5.74, 6) is -0.228. The average Bonchev–Trinajstić information content (AvgIpc) is 3.17. The molecule has 1 aromatic carbocycles. The predicted octanol–water partition coefficient (Wildman–Crippen LogP) is 2.41. The molecule has 0 saturated carbocycles. The summed E-state index contributed by atoms with van der Waals surface area (Å²) in [6.07, 6.45) is 3.72. The molecule has 108 valence electrons. The van der Waals surface area contributed by atoms with E-state index in [1.807, 2.05) is 46.3 Å². The maximum Gasteiger partial charge on any atom is 0.273 e. The van der Waals surface area contributed by atoms with Crippen LogP contribution in [0.1, 0.15) is 5.69 Å². The van der Waals surface area contributed by atoms with Crippen LogP contribution in [0.2, 0.25) is 0 Å². The van der Waals surface area contributed by atoms with Crippen molar-refractivity contribution in [2.75, 3.05) is 0 Å². The maximum atomic E-state index is 11.9. The summed E-state index contributed by atoms with van der Waals surface area (Å²) < 4.78 is 1.97. The van der Waals surface area contributed by atoms with Gasteiger partial charge in [-0.1, -0.05) is 30.3 Å². The summed E-state index contributed by atoms with van der Waals surface area (Å²) in [4.78, 5) is 17.4. The molecule has 4 rings (SSSR count). The molecule has 0 radical (unpaired) electrons. The lowest BCUT2D eigenvalue weighted by Gasteiger charge is -2.01. The number of aromatic nitrogens is 2. The van der Waals surface area contributed by atoms with Gasteiger partial charge in [-0.25, -0.2) is 4.98 Å². The van der Waals surface area contributed by atoms with Gasteiger partial charge in [0.2, 0.25) is 0 Å². The van der Waals surface area contributed by atoms with Crippen LogP contribution in [0.5, 0.6) is 0 Å². The highest BCUT2D eigenvalue weighted by molar-refractivity contribution is 7.80. The summed E-state index contributed by atoms with van der Waals surface area (Å²) in [5.41, 5.74) is 3.12. The highest BCUT2D eigenvalue weighted by atomic mass is 32.1. The number of fused-ring (bicyclic) bond motifs is 1. The number of thiocarbonyl (C=S) groups is 1. The maximum absolute atomic E-state index is 11.9. The van der Waals surface area contributed by atoms with Gasteiger partial charge in [0.15, 0.2) is 10.1 Å². The minimum atomic E-state index is -0.228. The average molecular weight is 326 g/mol. The molecule has 1 aliphatic rings. The summed E-state index contributed by atoms with van der Waals surface area (Å²) in [6, 6.07) is 9.90. The van der Waals surface area contributed by atoms with Crippen molar-refractivity contribution in [1.29, 1.82) is 0 Å². The predicted molar refractivity (Wildman–Crippen MR) is 90.4 cm³/mol. The van der Waals surface area contributed by atoms with Crippen LogP contribution in [-0.2, 0) is 4.79 Å². The van der Waals surface area contributed by atoms with Gasteiger partial charge in [0.25, 0.3) is 5.91 Å². The van der Waals surface area contributed by atoms with Crippen molar-refractivity contribution in [3.63, 3.8) is 0 Å². The molecule has 0 atom stereocenters. The highest BCUT2D eigenvalue weighted by Gasteiger charge is 2.22. The molecule has 3 aromatic rings. The second kappa shape index (κ2) is 5.04. The van der Waals surface area contributed by atoms with E-state index in [2.05, 4.69) is 15.6 Å². The molecule has 1 saturated heterocycles. The van der Waals surface area contributed by atoms with Gasteiger partial charge in [-0.3, -0.25) is 14.5 Å². The van der Waals surface area contributed by atoms with Gasteiger partial charge in [-0.05, 0) is 18.3 Å². The van der Waals surface area contributed by atoms with Gasteiger partial charge < -0.3 is 5.32 Å². The summed E-state index contributed by atoms with van der Waals surface area (Å²) in [6.45, 7) is 0. The molecule has 1 fully saturated rings. The number of nitrogens with zero attached hydrogens (tertiary/aromatic N) is 2. The van der Waals surface area contributed by atoms with Crippen molar-refractivity contribution >= 4 is 45.6 Å². The first-order chi connectivity index (χ1) is 10.7. The lowest BCUT2D eigenvalue weighted by Crippen LogP contribution is -2.21. The van der Waals surface area contributed by atoms with Gasteiger partial charge in [0.05, 0.1) is 11.4 Å². The second-order valence-corrected chi connectivity index (χ2v) is 6.01. The van der Waals surface area contributed by atoms with Crippen LogP contribution in [0, 0.1) is 0 Å². The largest absolute Gasteiger partial charge is 0.328 e. The van der Waals surface area contributed by atoms with Crippen molar-refractivity contribution in [2.45, 2.75) is 0 Å². The van der Waals surface area contributed by atoms with E-state index in [-0.39, 0.29) is 5.91 Å². The SMILES string of the molecule is O=C1NC(=S)N/C1=C\c1c(-c2ccccc2)nc2sccn12. The molecule has 7 heteroatoms. The van der Waals surface area contributed by atoms with Crippen LogP contribution in [0.4, 0.5) is 0 Å². The Kier molecular flexibility index (Phi) is 3.02. The van der Waals surface area contributed by atoms with Gasteiger partial charge in [0, 0.05) is 17.1 Å². The van der Waals surface area contributed by atoms with E-state index >= 15 is 0 Å². The molecule has 1 aliphatic heterocycles. The first kappa shape index (κ1) is 13.2. The first-order valence-electron chi connectivity index (χ1n) is 6.57. The molecule has 0 unspecified atom stereocenters. The van der Waals surface area contributed by atoms with E-state index < -0.39 is 0 Å². The fourth-order valence-electron chi connectivity index (χ4n) is 2.37. The van der Waals surface area contributed by atoms with Crippen LogP contribution in [-0.4, -0.2) is 20.4 Å². The Balaban J connectivity index is 1.92. The Morgan fingerprint density at radius 1 is 1.23 bits per heavy atom. The number of amides is 1. The van der Waals surface area contributed by atoms with Crippen LogP contribution in [0.15, 0.2) is 47.6 Å². The fourth-order valence-corrected chi connectivity index (χ4v) is 3.29. The lowest BCUT2D eigenvalue weighted by molar-refractivity contribution is -0.115. The monoisotopic (exact) mass is 326 g/mol. The topological polar surface area (TPSA) is 58.4 Å². The zero-order valence-corrected chi connectivity index (χ0v) is 12.9. The van der Waals surface area contributed by atoms with Crippen molar-refractivity contribution in [1.82, 2.24) is 20.0 Å². The Labute approximate surface area is 135 Å². The van der Waals surface area contributed by atoms with Gasteiger partial charge in [-0.15, -0.1) is 11.3 Å². The third-order valence-corrected chi connectivity index (χ3v) is 4.31. The Morgan fingerprint density at radius 2 is 2.05 bits per heavy atom. The number of imidazole rings is 1. The Hall–Kier alpha value is -2.51. The molecular formula is C15H10N4OS2. The van der Waals surface area contributed by atoms with E-state index in [0.29, 0.717) is 10.8 Å². The van der Waals surface area contributed by atoms with Crippen molar-refractivity contribution in [3.8, 4) is 11.3 Å². The number of rotatable bonds is 2. The smallest absolute Gasteiger partial charge is 0.273 e. The minimum absolute atomic E-state index is 0.228. The van der Waals surface area contributed by atoms with Crippen LogP contribution in [0.25, 0.3) is 22.3 Å². The van der Waals surface area contributed by atoms with Crippen LogP contribution in [0.3, 0.4) is 0 Å². The van der Waals surface area contributed by atoms with Gasteiger partial charge >= 0.3 is 0 Å². The van der Waals surface area contributed by atoms with Crippen LogP contribution >= 0.6 is 23.6 Å². The highest BCUT2D eigenvalue weighted by Crippen LogP contribution is 2.28. The molecule has 0 spiro atoms. The first-order valence-corrected chi connectivity index (χ1v) is 7.86. The van der Waals surface area contributed by atoms with E-state index in [1.54, 1.807) is 17.4 Å². The zero-order chi connectivity index (χ0) is 15.1. The minimum Gasteiger partial charge on any atom is -0.328 e. The quantitative estimate of drug-likeness (QED) is 0.561. The summed E-state index contributed by atoms with van der Waals surface area (Å²) in [5, 5.41) is 7.73. The Morgan fingerprint density at radius 3 is 2.77 bits per heavy atom. The number of hydrogen-bond donors (Lipinski definition) is 2. The standard InChI is InChI=1S/C15H10N4OS2/c20-13-10(16-14(21)18-13)8-11-12(9-4-2-1-3-5-9)17-15-19(11)6-7-22-15/h1-8H,(H2,16,18,20,21)/b10-8-. The second-order valence-electron chi connectivity index (χ2n) is 4.73. The number of thiazole rings is 1. The molecule has 1 amide bonds. The van der Waals surface area contributed by atoms with Crippen LogP contribution < -0.4 is 10.6 Å². The number of nitrogens with one attached hydrogen (secondary N) is 2. The van der Waals surface area contributed by atoms with Gasteiger partial charge in [0.1, 0.15) is 5.70 Å². The van der Waals surface area contributed by atoms with Crippen molar-refractivity contribution in [2.24, 2.45) is 0 Å². The molecule has 2 aromatic heterocycles. The van der Waals surface area contributed by atoms with E-state index in [1.165, 1.54) is 0 Å².